The number of aliphatic carboxylic acids is 1. The summed E-state index contributed by atoms with van der Waals surface area (Å²) < 4.78 is 33.3. The molecule has 0 aliphatic carbocycles. The van der Waals surface area contributed by atoms with Gasteiger partial charge in [0.05, 0.1) is 4.88 Å². The van der Waals surface area contributed by atoms with Crippen LogP contribution in [-0.2, 0) is 16.2 Å². The van der Waals surface area contributed by atoms with Crippen LogP contribution in [-0.4, -0.2) is 73.5 Å². The molecule has 49 heavy (non-hydrogen) atoms. The summed E-state index contributed by atoms with van der Waals surface area (Å²) >= 11 is 1.61. The molecular weight excluding hydrogens is 644 g/mol. The third kappa shape index (κ3) is 10.9. The molecule has 4 aromatic carbocycles. The normalized spacial score (nSPS) is 13.3. The fourth-order valence-electron chi connectivity index (χ4n) is 5.20. The zero-order valence-corrected chi connectivity index (χ0v) is 28.4. The molecule has 1 N–H and O–H groups in total. The number of hydrogen-bond donors (Lipinski definition) is 1. The number of carboxylic acids is 1. The first-order valence-corrected chi connectivity index (χ1v) is 17.2. The number of rotatable bonds is 14. The zero-order valence-electron chi connectivity index (χ0n) is 27.6. The molecule has 2 heterocycles. The Morgan fingerprint density at radius 2 is 1.57 bits per heavy atom. The second kappa shape index (κ2) is 18.1. The Labute approximate surface area is 290 Å². The number of ether oxygens (including phenoxy) is 3. The molecule has 256 valence electrons. The number of nitrogens with zero attached hydrogens (tertiary/aromatic N) is 2. The molecule has 0 spiro atoms. The first-order valence-electron chi connectivity index (χ1n) is 16.3. The van der Waals surface area contributed by atoms with Crippen molar-refractivity contribution >= 4 is 33.7 Å². The second-order valence-electron chi connectivity index (χ2n) is 11.7. The molecule has 0 atom stereocenters. The van der Waals surface area contributed by atoms with Crippen LogP contribution in [0.2, 0.25) is 0 Å². The van der Waals surface area contributed by atoms with E-state index in [1.807, 2.05) is 72.8 Å². The lowest BCUT2D eigenvalue weighted by molar-refractivity contribution is -0.137. The number of thiophene rings is 1. The van der Waals surface area contributed by atoms with Crippen molar-refractivity contribution in [3.05, 3.63) is 108 Å². The Bertz CT molecular complexity index is 1770. The molecule has 6 rings (SSSR count). The Hall–Kier alpha value is -4.77. The van der Waals surface area contributed by atoms with E-state index in [0.717, 1.165) is 82.3 Å². The van der Waals surface area contributed by atoms with Crippen LogP contribution in [0.25, 0.3) is 20.5 Å². The highest BCUT2D eigenvalue weighted by atomic mass is 32.1. The number of carbonyl (C=O) groups is 2. The summed E-state index contributed by atoms with van der Waals surface area (Å²) in [4.78, 5) is 25.1. The Kier molecular flexibility index (Phi) is 13.1. The van der Waals surface area contributed by atoms with Crippen molar-refractivity contribution in [1.29, 1.82) is 0 Å². The van der Waals surface area contributed by atoms with Crippen LogP contribution in [0.3, 0.4) is 0 Å². The van der Waals surface area contributed by atoms with Crippen molar-refractivity contribution in [2.75, 3.05) is 46.4 Å². The average molecular weight is 685 g/mol. The van der Waals surface area contributed by atoms with Gasteiger partial charge in [0.25, 0.3) is 0 Å². The van der Waals surface area contributed by atoms with E-state index in [-0.39, 0.29) is 12.2 Å². The van der Waals surface area contributed by atoms with Gasteiger partial charge in [-0.3, -0.25) is 9.69 Å². The van der Waals surface area contributed by atoms with Gasteiger partial charge in [0.15, 0.2) is 5.75 Å². The van der Waals surface area contributed by atoms with E-state index in [4.69, 9.17) is 19.3 Å². The van der Waals surface area contributed by atoms with E-state index in [1.54, 1.807) is 23.5 Å². The Morgan fingerprint density at radius 3 is 2.27 bits per heavy atom. The highest BCUT2D eigenvalue weighted by Gasteiger charge is 2.18. The first-order chi connectivity index (χ1) is 23.9. The number of piperazine rings is 1. The van der Waals surface area contributed by atoms with Crippen molar-refractivity contribution in [3.63, 3.8) is 0 Å². The van der Waals surface area contributed by atoms with Gasteiger partial charge in [-0.2, -0.15) is 0 Å². The lowest BCUT2D eigenvalue weighted by atomic mass is 10.1. The van der Waals surface area contributed by atoms with Crippen molar-refractivity contribution in [2.45, 2.75) is 25.9 Å². The molecule has 5 aromatic rings. The fraction of sp³-hybridized carbons (Fsp3) is 0.282. The Balaban J connectivity index is 0.000000523. The number of unbranched alkanes of at least 4 members (excludes halogenated alkanes) is 1. The monoisotopic (exact) mass is 684 g/mol. The molecule has 0 saturated carbocycles. The highest BCUT2D eigenvalue weighted by molar-refractivity contribution is 7.22. The molecule has 0 bridgehead atoms. The predicted octanol–water partition coefficient (Wildman–Crippen LogP) is 8.15. The summed E-state index contributed by atoms with van der Waals surface area (Å²) in [6.45, 7) is 6.44. The van der Waals surface area contributed by atoms with E-state index >= 15 is 0 Å². The topological polar surface area (TPSA) is 88.5 Å². The molecule has 0 unspecified atom stereocenters. The lowest BCUT2D eigenvalue weighted by Gasteiger charge is -2.32. The van der Waals surface area contributed by atoms with Crippen molar-refractivity contribution in [1.82, 2.24) is 9.80 Å². The molecule has 10 heteroatoms. The minimum atomic E-state index is -0.841. The van der Waals surface area contributed by atoms with E-state index in [1.165, 1.54) is 12.1 Å². The minimum absolute atomic E-state index is 0.0960. The number of carbonyl (C=O) groups excluding carboxylic acids is 1. The van der Waals surface area contributed by atoms with Crippen molar-refractivity contribution in [2.24, 2.45) is 0 Å². The maximum atomic E-state index is 13.7. The van der Waals surface area contributed by atoms with Gasteiger partial charge in [0.2, 0.25) is 0 Å². The molecular formula is C39H41FN2O6S. The van der Waals surface area contributed by atoms with Gasteiger partial charge in [-0.05, 0) is 79.2 Å². The first kappa shape index (κ1) is 35.5. The van der Waals surface area contributed by atoms with Crippen LogP contribution < -0.4 is 14.2 Å². The number of halogens is 1. The SMILES string of the molecule is CN1CCN(CCOc2ccc(Oc3c(-c4ccc(F)cc4)sc4cc(OCc5ccccc5)ccc34)cc2)CC1.O=CCCCC(=O)O. The van der Waals surface area contributed by atoms with Crippen LogP contribution >= 0.6 is 11.3 Å². The van der Waals surface area contributed by atoms with Crippen LogP contribution in [0.15, 0.2) is 97.1 Å². The fourth-order valence-corrected chi connectivity index (χ4v) is 6.36. The summed E-state index contributed by atoms with van der Waals surface area (Å²) in [6.07, 6.45) is 1.63. The predicted molar refractivity (Wildman–Crippen MR) is 191 cm³/mol. The molecule has 1 fully saturated rings. The zero-order chi connectivity index (χ0) is 34.4. The van der Waals surface area contributed by atoms with Gasteiger partial charge < -0.3 is 29.0 Å². The molecule has 1 aromatic heterocycles. The van der Waals surface area contributed by atoms with E-state index in [0.29, 0.717) is 31.8 Å². The largest absolute Gasteiger partial charge is 0.492 e. The summed E-state index contributed by atoms with van der Waals surface area (Å²) in [6, 6.07) is 30.4. The maximum Gasteiger partial charge on any atom is 0.303 e. The highest BCUT2D eigenvalue weighted by Crippen LogP contribution is 2.47. The third-order valence-electron chi connectivity index (χ3n) is 8.00. The number of hydrogen-bond acceptors (Lipinski definition) is 8. The number of aldehydes is 1. The van der Waals surface area contributed by atoms with E-state index in [2.05, 4.69) is 16.8 Å². The minimum Gasteiger partial charge on any atom is -0.492 e. The van der Waals surface area contributed by atoms with Gasteiger partial charge in [-0.15, -0.1) is 11.3 Å². The number of benzene rings is 4. The lowest BCUT2D eigenvalue weighted by Crippen LogP contribution is -2.45. The molecule has 1 aliphatic heterocycles. The van der Waals surface area contributed by atoms with E-state index in [9.17, 15) is 14.0 Å². The third-order valence-corrected chi connectivity index (χ3v) is 9.18. The van der Waals surface area contributed by atoms with Crippen molar-refractivity contribution in [3.8, 4) is 33.4 Å². The standard InChI is InChI=1S/C34H33FN2O3S.C5H8O3/c1-36-17-19-37(20-18-36)21-22-38-28-11-13-29(14-12-28)40-33-31-16-15-30(39-24-25-5-3-2-4-6-25)23-32(31)41-34(33)26-7-9-27(35)10-8-26;6-4-2-1-3-5(7)8/h2-16,23H,17-22,24H2,1H3;4H,1-3H2,(H,7,8). The summed E-state index contributed by atoms with van der Waals surface area (Å²) in [5.74, 6) is 1.96. The van der Waals surface area contributed by atoms with Crippen LogP contribution in [0, 0.1) is 5.82 Å². The van der Waals surface area contributed by atoms with Gasteiger partial charge in [-0.1, -0.05) is 42.5 Å². The van der Waals surface area contributed by atoms with Gasteiger partial charge in [0.1, 0.15) is 42.6 Å². The average Bonchev–Trinajstić information content (AvgIpc) is 3.47. The van der Waals surface area contributed by atoms with Crippen LogP contribution in [0.5, 0.6) is 23.0 Å². The van der Waals surface area contributed by atoms with Gasteiger partial charge in [0, 0.05) is 55.7 Å². The number of likely N-dealkylation sites (N-methyl/N-ethyl adjacent to an activating group) is 1. The van der Waals surface area contributed by atoms with Gasteiger partial charge in [-0.25, -0.2) is 4.39 Å². The molecule has 1 saturated heterocycles. The summed E-state index contributed by atoms with van der Waals surface area (Å²) in [5.41, 5.74) is 2.01. The van der Waals surface area contributed by atoms with E-state index < -0.39 is 5.97 Å². The molecule has 0 radical (unpaired) electrons. The second-order valence-corrected chi connectivity index (χ2v) is 12.8. The van der Waals surface area contributed by atoms with Crippen LogP contribution in [0.4, 0.5) is 4.39 Å². The number of carboxylic acid groups (broad SMARTS) is 1. The van der Waals surface area contributed by atoms with Crippen molar-refractivity contribution < 1.29 is 33.3 Å². The van der Waals surface area contributed by atoms with Crippen LogP contribution in [0.1, 0.15) is 24.8 Å². The summed E-state index contributed by atoms with van der Waals surface area (Å²) in [7, 11) is 2.16. The maximum absolute atomic E-state index is 13.7. The Morgan fingerprint density at radius 1 is 0.878 bits per heavy atom. The summed E-state index contributed by atoms with van der Waals surface area (Å²) in [5, 5.41) is 9.00. The molecule has 1 aliphatic rings. The number of fused-ring (bicyclic) bond motifs is 1. The smallest absolute Gasteiger partial charge is 0.303 e. The molecule has 8 nitrogen and oxygen atoms in total. The molecule has 0 amide bonds. The quantitative estimate of drug-likeness (QED) is 0.0927. The van der Waals surface area contributed by atoms with Gasteiger partial charge >= 0.3 is 5.97 Å².